The zero-order chi connectivity index (χ0) is 29.1. The molecule has 4 amide bonds. The van der Waals surface area contributed by atoms with Crippen molar-refractivity contribution in [2.75, 3.05) is 13.1 Å². The van der Waals surface area contributed by atoms with Crippen LogP contribution in [0.15, 0.2) is 60.7 Å². The van der Waals surface area contributed by atoms with Crippen LogP contribution >= 0.6 is 0 Å². The highest BCUT2D eigenvalue weighted by atomic mass is 16.3. The maximum atomic E-state index is 12.6. The van der Waals surface area contributed by atoms with Gasteiger partial charge in [-0.3, -0.25) is 0 Å². The van der Waals surface area contributed by atoms with Gasteiger partial charge in [-0.15, -0.1) is 0 Å². The van der Waals surface area contributed by atoms with Crippen molar-refractivity contribution in [3.05, 3.63) is 71.8 Å². The molecule has 0 heterocycles. The van der Waals surface area contributed by atoms with E-state index in [0.717, 1.165) is 11.1 Å². The van der Waals surface area contributed by atoms with E-state index < -0.39 is 35.4 Å². The van der Waals surface area contributed by atoms with Crippen molar-refractivity contribution in [3.8, 4) is 0 Å². The summed E-state index contributed by atoms with van der Waals surface area (Å²) in [5.41, 5.74) is 1.12. The smallest absolute Gasteiger partial charge is 0.315 e. The van der Waals surface area contributed by atoms with Gasteiger partial charge >= 0.3 is 12.1 Å². The predicted octanol–water partition coefficient (Wildman–Crippen LogP) is 2.72. The molecule has 0 aromatic heterocycles. The van der Waals surface area contributed by atoms with Crippen LogP contribution in [-0.2, 0) is 12.8 Å². The summed E-state index contributed by atoms with van der Waals surface area (Å²) >= 11 is 0. The molecule has 0 spiro atoms. The van der Waals surface area contributed by atoms with Crippen molar-refractivity contribution in [1.29, 1.82) is 0 Å². The average Bonchev–Trinajstić information content (AvgIpc) is 2.82. The van der Waals surface area contributed by atoms with E-state index in [1.54, 1.807) is 0 Å². The molecule has 0 saturated carbocycles. The molecular formula is C30H47N5O4. The molecule has 2 aromatic rings. The lowest BCUT2D eigenvalue weighted by Gasteiger charge is -2.29. The van der Waals surface area contributed by atoms with E-state index in [1.165, 1.54) is 0 Å². The number of hydrogen-bond donors (Lipinski definition) is 7. The maximum absolute atomic E-state index is 12.6. The summed E-state index contributed by atoms with van der Waals surface area (Å²) in [5.74, 6) is 0. The van der Waals surface area contributed by atoms with Crippen LogP contribution in [0.2, 0.25) is 0 Å². The summed E-state index contributed by atoms with van der Waals surface area (Å²) < 4.78 is 0. The Labute approximate surface area is 233 Å². The van der Waals surface area contributed by atoms with E-state index in [2.05, 4.69) is 26.6 Å². The molecule has 39 heavy (non-hydrogen) atoms. The van der Waals surface area contributed by atoms with Gasteiger partial charge in [0, 0.05) is 24.2 Å². The lowest BCUT2D eigenvalue weighted by molar-refractivity contribution is 0.103. The van der Waals surface area contributed by atoms with Gasteiger partial charge < -0.3 is 36.8 Å². The van der Waals surface area contributed by atoms with Crippen LogP contribution in [-0.4, -0.2) is 70.7 Å². The molecular weight excluding hydrogens is 494 g/mol. The van der Waals surface area contributed by atoms with Crippen LogP contribution in [0.4, 0.5) is 9.59 Å². The van der Waals surface area contributed by atoms with Crippen molar-refractivity contribution in [2.24, 2.45) is 0 Å². The Hall–Kier alpha value is -3.14. The molecule has 0 fully saturated rings. The quantitative estimate of drug-likeness (QED) is 0.222. The standard InChI is InChI=1S/C30H47N5O4/c1-29(2,3)34-27(38)32-23(17-21-13-9-7-10-14-21)25(36)19-31-20-26(37)24(18-22-15-11-8-12-16-22)33-28(39)35-30(4,5)6/h7-16,23-26,31,36-37H,17-20H2,1-6H3,(H2,32,34,38)(H2,33,35,39)/t23?,24?,25-,26+. The molecule has 2 rings (SSSR count). The lowest BCUT2D eigenvalue weighted by Crippen LogP contribution is -2.56. The lowest BCUT2D eigenvalue weighted by atomic mass is 10.00. The summed E-state index contributed by atoms with van der Waals surface area (Å²) in [4.78, 5) is 25.1. The third kappa shape index (κ3) is 13.5. The maximum Gasteiger partial charge on any atom is 0.315 e. The topological polar surface area (TPSA) is 135 Å². The Morgan fingerprint density at radius 3 is 1.28 bits per heavy atom. The number of hydrogen-bond acceptors (Lipinski definition) is 5. The van der Waals surface area contributed by atoms with Crippen molar-refractivity contribution >= 4 is 12.1 Å². The van der Waals surface area contributed by atoms with Gasteiger partial charge in [-0.25, -0.2) is 9.59 Å². The van der Waals surface area contributed by atoms with E-state index in [4.69, 9.17) is 0 Å². The minimum absolute atomic E-state index is 0.136. The first-order valence-corrected chi connectivity index (χ1v) is 13.5. The van der Waals surface area contributed by atoms with Gasteiger partial charge in [0.25, 0.3) is 0 Å². The molecule has 9 nitrogen and oxygen atoms in total. The monoisotopic (exact) mass is 541 g/mol. The molecule has 2 aromatic carbocycles. The van der Waals surface area contributed by atoms with Crippen LogP contribution < -0.4 is 26.6 Å². The minimum Gasteiger partial charge on any atom is -0.390 e. The second-order valence-electron chi connectivity index (χ2n) is 12.1. The number of carbonyl (C=O) groups is 2. The third-order valence-corrected chi connectivity index (χ3v) is 5.84. The van der Waals surface area contributed by atoms with E-state index in [0.29, 0.717) is 12.8 Å². The largest absolute Gasteiger partial charge is 0.390 e. The first kappa shape index (κ1) is 32.1. The number of urea groups is 2. The van der Waals surface area contributed by atoms with Crippen LogP contribution in [0.25, 0.3) is 0 Å². The normalized spacial score (nSPS) is 15.0. The summed E-state index contributed by atoms with van der Waals surface area (Å²) in [5, 5.41) is 36.7. The number of nitrogens with one attached hydrogen (secondary N) is 5. The number of rotatable bonds is 12. The van der Waals surface area contributed by atoms with E-state index >= 15 is 0 Å². The van der Waals surface area contributed by atoms with Gasteiger partial charge in [0.2, 0.25) is 0 Å². The average molecular weight is 542 g/mol. The van der Waals surface area contributed by atoms with E-state index in [-0.39, 0.29) is 25.2 Å². The van der Waals surface area contributed by atoms with Crippen LogP contribution in [0, 0.1) is 0 Å². The van der Waals surface area contributed by atoms with Gasteiger partial charge in [-0.1, -0.05) is 60.7 Å². The second-order valence-corrected chi connectivity index (χ2v) is 12.1. The van der Waals surface area contributed by atoms with Crippen LogP contribution in [0.5, 0.6) is 0 Å². The summed E-state index contributed by atoms with van der Waals surface area (Å²) in [6.07, 6.45) is -0.968. The van der Waals surface area contributed by atoms with Crippen molar-refractivity contribution in [3.63, 3.8) is 0 Å². The van der Waals surface area contributed by atoms with Gasteiger partial charge in [0.15, 0.2) is 0 Å². The Morgan fingerprint density at radius 2 is 0.974 bits per heavy atom. The fourth-order valence-corrected chi connectivity index (χ4v) is 4.06. The molecule has 7 N–H and O–H groups in total. The molecule has 4 atom stereocenters. The fraction of sp³-hybridized carbons (Fsp3) is 0.533. The van der Waals surface area contributed by atoms with Gasteiger partial charge in [0.1, 0.15) is 0 Å². The van der Waals surface area contributed by atoms with Crippen molar-refractivity contribution in [1.82, 2.24) is 26.6 Å². The highest BCUT2D eigenvalue weighted by molar-refractivity contribution is 5.75. The summed E-state index contributed by atoms with van der Waals surface area (Å²) in [6, 6.07) is 17.4. The van der Waals surface area contributed by atoms with Crippen LogP contribution in [0.1, 0.15) is 52.7 Å². The Morgan fingerprint density at radius 1 is 0.641 bits per heavy atom. The highest BCUT2D eigenvalue weighted by Crippen LogP contribution is 2.09. The first-order chi connectivity index (χ1) is 18.2. The first-order valence-electron chi connectivity index (χ1n) is 13.5. The number of aliphatic hydroxyl groups excluding tert-OH is 2. The molecule has 216 valence electrons. The Balaban J connectivity index is 2.03. The highest BCUT2D eigenvalue weighted by Gasteiger charge is 2.26. The fourth-order valence-electron chi connectivity index (χ4n) is 4.06. The zero-order valence-electron chi connectivity index (χ0n) is 24.1. The predicted molar refractivity (Wildman–Crippen MR) is 156 cm³/mol. The molecule has 0 saturated heterocycles. The zero-order valence-corrected chi connectivity index (χ0v) is 24.1. The number of benzene rings is 2. The molecule has 0 aliphatic rings. The third-order valence-electron chi connectivity index (χ3n) is 5.84. The van der Waals surface area contributed by atoms with E-state index in [9.17, 15) is 19.8 Å². The molecule has 2 unspecified atom stereocenters. The summed E-state index contributed by atoms with van der Waals surface area (Å²) in [7, 11) is 0. The molecule has 0 bridgehead atoms. The van der Waals surface area contributed by atoms with Gasteiger partial charge in [-0.05, 0) is 65.5 Å². The minimum atomic E-state index is -0.923. The molecule has 0 radical (unpaired) electrons. The summed E-state index contributed by atoms with van der Waals surface area (Å²) in [6.45, 7) is 11.6. The Kier molecular flexibility index (Phi) is 12.2. The van der Waals surface area contributed by atoms with E-state index in [1.807, 2.05) is 102 Å². The molecule has 0 aliphatic heterocycles. The molecule has 0 aliphatic carbocycles. The Bertz CT molecular complexity index is 924. The van der Waals surface area contributed by atoms with Gasteiger partial charge in [0.05, 0.1) is 24.3 Å². The van der Waals surface area contributed by atoms with Crippen molar-refractivity contribution in [2.45, 2.75) is 89.8 Å². The number of aliphatic hydroxyl groups is 2. The number of amides is 4. The number of carbonyl (C=O) groups excluding carboxylic acids is 2. The molecule has 9 heteroatoms. The second kappa shape index (κ2) is 14.9. The van der Waals surface area contributed by atoms with Gasteiger partial charge in [-0.2, -0.15) is 0 Å². The van der Waals surface area contributed by atoms with Crippen molar-refractivity contribution < 1.29 is 19.8 Å². The SMILES string of the molecule is CC(C)(C)NC(=O)NC(Cc1ccccc1)[C@H](O)CNC[C@H](O)C(Cc1ccccc1)NC(=O)NC(C)(C)C. The van der Waals surface area contributed by atoms with Crippen LogP contribution in [0.3, 0.4) is 0 Å².